The lowest BCUT2D eigenvalue weighted by molar-refractivity contribution is 1.23. The average molecular weight is 291 g/mol. The SMILES string of the molecule is Cc1ccc(-c2ncnc3scc(C)c23)c2cccnc12. The van der Waals surface area contributed by atoms with Crippen molar-refractivity contribution in [1.82, 2.24) is 15.0 Å². The molecular formula is C17H13N3S. The molecule has 3 nitrogen and oxygen atoms in total. The Labute approximate surface area is 126 Å². The van der Waals surface area contributed by atoms with Crippen molar-refractivity contribution in [2.24, 2.45) is 0 Å². The standard InChI is InChI=1S/C17H13N3S/c1-10-5-6-13(12-4-3-7-18-15(10)12)16-14-11(2)8-21-17(14)20-9-19-16/h3-9H,1-2H3. The van der Waals surface area contributed by atoms with E-state index in [1.807, 2.05) is 12.3 Å². The van der Waals surface area contributed by atoms with Gasteiger partial charge in [0.05, 0.1) is 11.2 Å². The minimum Gasteiger partial charge on any atom is -0.256 e. The summed E-state index contributed by atoms with van der Waals surface area (Å²) >= 11 is 1.66. The molecule has 0 bridgehead atoms. The first-order chi connectivity index (χ1) is 10.3. The van der Waals surface area contributed by atoms with Crippen LogP contribution < -0.4 is 0 Å². The molecule has 0 fully saturated rings. The van der Waals surface area contributed by atoms with Crippen LogP contribution in [0.3, 0.4) is 0 Å². The van der Waals surface area contributed by atoms with Crippen LogP contribution in [0.1, 0.15) is 11.1 Å². The molecule has 3 heterocycles. The van der Waals surface area contributed by atoms with E-state index < -0.39 is 0 Å². The molecule has 1 aromatic carbocycles. The molecule has 102 valence electrons. The van der Waals surface area contributed by atoms with Crippen LogP contribution in [0.15, 0.2) is 42.2 Å². The van der Waals surface area contributed by atoms with Gasteiger partial charge in [-0.1, -0.05) is 18.2 Å². The second kappa shape index (κ2) is 4.60. The lowest BCUT2D eigenvalue weighted by atomic mass is 9.99. The van der Waals surface area contributed by atoms with Crippen LogP contribution >= 0.6 is 11.3 Å². The summed E-state index contributed by atoms with van der Waals surface area (Å²) in [6, 6.07) is 8.34. The predicted molar refractivity (Wildman–Crippen MR) is 87.6 cm³/mol. The molecule has 4 rings (SSSR count). The molecule has 0 saturated heterocycles. The Balaban J connectivity index is 2.15. The molecule has 3 aromatic heterocycles. The van der Waals surface area contributed by atoms with Crippen molar-refractivity contribution >= 4 is 32.5 Å². The van der Waals surface area contributed by atoms with Crippen molar-refractivity contribution in [1.29, 1.82) is 0 Å². The number of benzene rings is 1. The molecule has 0 N–H and O–H groups in total. The molecule has 4 heteroatoms. The van der Waals surface area contributed by atoms with Gasteiger partial charge < -0.3 is 0 Å². The van der Waals surface area contributed by atoms with Crippen LogP contribution in [0.5, 0.6) is 0 Å². The summed E-state index contributed by atoms with van der Waals surface area (Å²) in [4.78, 5) is 14.5. The summed E-state index contributed by atoms with van der Waals surface area (Å²) in [6.45, 7) is 4.20. The number of hydrogen-bond donors (Lipinski definition) is 0. The zero-order valence-corrected chi connectivity index (χ0v) is 12.6. The molecule has 0 unspecified atom stereocenters. The van der Waals surface area contributed by atoms with Crippen molar-refractivity contribution in [2.75, 3.05) is 0 Å². The largest absolute Gasteiger partial charge is 0.256 e. The van der Waals surface area contributed by atoms with Crippen LogP contribution in [-0.4, -0.2) is 15.0 Å². The van der Waals surface area contributed by atoms with Gasteiger partial charge in [0.2, 0.25) is 0 Å². The molecule has 0 aliphatic rings. The fourth-order valence-corrected chi connectivity index (χ4v) is 3.63. The Morgan fingerprint density at radius 1 is 0.952 bits per heavy atom. The average Bonchev–Trinajstić information content (AvgIpc) is 2.90. The molecule has 0 atom stereocenters. The summed E-state index contributed by atoms with van der Waals surface area (Å²) < 4.78 is 0. The van der Waals surface area contributed by atoms with Gasteiger partial charge in [0, 0.05) is 22.5 Å². The summed E-state index contributed by atoms with van der Waals surface area (Å²) in [7, 11) is 0. The molecule has 0 saturated carbocycles. The Hall–Kier alpha value is -2.33. The van der Waals surface area contributed by atoms with Crippen molar-refractivity contribution in [3.63, 3.8) is 0 Å². The van der Waals surface area contributed by atoms with Gasteiger partial charge in [0.15, 0.2) is 0 Å². The third-order valence-corrected chi connectivity index (χ3v) is 4.78. The summed E-state index contributed by atoms with van der Waals surface area (Å²) in [5.41, 5.74) is 5.56. The zero-order valence-electron chi connectivity index (χ0n) is 11.8. The van der Waals surface area contributed by atoms with E-state index in [1.54, 1.807) is 17.7 Å². The first-order valence-electron chi connectivity index (χ1n) is 6.79. The minimum absolute atomic E-state index is 0.997. The number of aryl methyl sites for hydroxylation is 2. The minimum atomic E-state index is 0.997. The first kappa shape index (κ1) is 12.4. The van der Waals surface area contributed by atoms with E-state index in [-0.39, 0.29) is 0 Å². The molecule has 0 amide bonds. The van der Waals surface area contributed by atoms with Gasteiger partial charge in [0.25, 0.3) is 0 Å². The maximum atomic E-state index is 4.56. The van der Waals surface area contributed by atoms with Crippen molar-refractivity contribution in [3.8, 4) is 11.3 Å². The van der Waals surface area contributed by atoms with Gasteiger partial charge in [-0.2, -0.15) is 0 Å². The van der Waals surface area contributed by atoms with Gasteiger partial charge in [-0.3, -0.25) is 4.98 Å². The van der Waals surface area contributed by atoms with Gasteiger partial charge in [-0.25, -0.2) is 9.97 Å². The third kappa shape index (κ3) is 1.83. The lowest BCUT2D eigenvalue weighted by Crippen LogP contribution is -1.91. The molecule has 21 heavy (non-hydrogen) atoms. The number of rotatable bonds is 1. The highest BCUT2D eigenvalue weighted by Gasteiger charge is 2.13. The van der Waals surface area contributed by atoms with E-state index in [1.165, 1.54) is 11.1 Å². The van der Waals surface area contributed by atoms with Gasteiger partial charge in [0.1, 0.15) is 11.2 Å². The van der Waals surface area contributed by atoms with Crippen molar-refractivity contribution in [2.45, 2.75) is 13.8 Å². The van der Waals surface area contributed by atoms with Crippen molar-refractivity contribution in [3.05, 3.63) is 53.3 Å². The monoisotopic (exact) mass is 291 g/mol. The van der Waals surface area contributed by atoms with Gasteiger partial charge in [-0.15, -0.1) is 11.3 Å². The Kier molecular flexibility index (Phi) is 2.72. The van der Waals surface area contributed by atoms with E-state index in [0.717, 1.165) is 32.4 Å². The number of fused-ring (bicyclic) bond motifs is 2. The number of aromatic nitrogens is 3. The maximum absolute atomic E-state index is 4.56. The molecule has 0 aliphatic carbocycles. The Bertz CT molecular complexity index is 972. The van der Waals surface area contributed by atoms with E-state index >= 15 is 0 Å². The summed E-state index contributed by atoms with van der Waals surface area (Å²) in [5, 5.41) is 4.43. The highest BCUT2D eigenvalue weighted by atomic mass is 32.1. The van der Waals surface area contributed by atoms with Crippen LogP contribution in [0, 0.1) is 13.8 Å². The van der Waals surface area contributed by atoms with E-state index in [4.69, 9.17) is 0 Å². The van der Waals surface area contributed by atoms with Crippen LogP contribution in [-0.2, 0) is 0 Å². The highest BCUT2D eigenvalue weighted by molar-refractivity contribution is 7.17. The molecule has 0 radical (unpaired) electrons. The Morgan fingerprint density at radius 3 is 2.76 bits per heavy atom. The smallest absolute Gasteiger partial charge is 0.127 e. The van der Waals surface area contributed by atoms with Crippen LogP contribution in [0.2, 0.25) is 0 Å². The number of hydrogen-bond acceptors (Lipinski definition) is 4. The predicted octanol–water partition coefficient (Wildman–Crippen LogP) is 4.52. The Morgan fingerprint density at radius 2 is 1.86 bits per heavy atom. The van der Waals surface area contributed by atoms with Gasteiger partial charge in [-0.05, 0) is 36.4 Å². The van der Waals surface area contributed by atoms with Crippen LogP contribution in [0.25, 0.3) is 32.4 Å². The maximum Gasteiger partial charge on any atom is 0.127 e. The molecule has 4 aromatic rings. The lowest BCUT2D eigenvalue weighted by Gasteiger charge is -2.09. The van der Waals surface area contributed by atoms with Gasteiger partial charge >= 0.3 is 0 Å². The van der Waals surface area contributed by atoms with E-state index in [0.29, 0.717) is 0 Å². The molecule has 0 spiro atoms. The van der Waals surface area contributed by atoms with E-state index in [2.05, 4.69) is 52.4 Å². The third-order valence-electron chi connectivity index (χ3n) is 3.78. The zero-order chi connectivity index (χ0) is 14.4. The van der Waals surface area contributed by atoms with Crippen LogP contribution in [0.4, 0.5) is 0 Å². The molecular weight excluding hydrogens is 278 g/mol. The fraction of sp³-hybridized carbons (Fsp3) is 0.118. The quantitative estimate of drug-likeness (QED) is 0.517. The number of nitrogens with zero attached hydrogens (tertiary/aromatic N) is 3. The first-order valence-corrected chi connectivity index (χ1v) is 7.67. The highest BCUT2D eigenvalue weighted by Crippen LogP contribution is 2.35. The normalized spacial score (nSPS) is 11.3. The number of thiophene rings is 1. The second-order valence-corrected chi connectivity index (χ2v) is 6.01. The molecule has 0 aliphatic heterocycles. The van der Waals surface area contributed by atoms with E-state index in [9.17, 15) is 0 Å². The second-order valence-electron chi connectivity index (χ2n) is 5.15. The van der Waals surface area contributed by atoms with Crippen molar-refractivity contribution < 1.29 is 0 Å². The summed E-state index contributed by atoms with van der Waals surface area (Å²) in [6.07, 6.45) is 3.49. The topological polar surface area (TPSA) is 38.7 Å². The number of pyridine rings is 1. The fourth-order valence-electron chi connectivity index (χ4n) is 2.74. The summed E-state index contributed by atoms with van der Waals surface area (Å²) in [5.74, 6) is 0.